The van der Waals surface area contributed by atoms with Crippen LogP contribution in [0.3, 0.4) is 0 Å². The molecule has 0 fully saturated rings. The quantitative estimate of drug-likeness (QED) is 0.311. The van der Waals surface area contributed by atoms with E-state index in [1.54, 1.807) is 24.3 Å². The van der Waals surface area contributed by atoms with Gasteiger partial charge in [0.25, 0.3) is 11.8 Å². The van der Waals surface area contributed by atoms with Crippen LogP contribution in [0.25, 0.3) is 0 Å². The maximum absolute atomic E-state index is 12.2. The molecule has 0 aliphatic carbocycles. The van der Waals surface area contributed by atoms with Crippen molar-refractivity contribution in [2.24, 2.45) is 5.10 Å². The highest BCUT2D eigenvalue weighted by Crippen LogP contribution is 2.15. The van der Waals surface area contributed by atoms with E-state index in [1.165, 1.54) is 6.21 Å². The van der Waals surface area contributed by atoms with E-state index in [1.807, 2.05) is 55.5 Å². The molecule has 3 aromatic rings. The summed E-state index contributed by atoms with van der Waals surface area (Å²) in [4.78, 5) is 24.1. The maximum atomic E-state index is 12.2. The van der Waals surface area contributed by atoms with Crippen molar-refractivity contribution < 1.29 is 19.1 Å². The molecular formula is C26H26ClN3O4. The number of ether oxygens (including phenoxy) is 2. The third-order valence-corrected chi connectivity index (χ3v) is 4.85. The fourth-order valence-corrected chi connectivity index (χ4v) is 2.93. The molecule has 2 amide bonds. The molecule has 0 atom stereocenters. The van der Waals surface area contributed by atoms with Crippen LogP contribution >= 0.6 is 11.6 Å². The molecule has 0 unspecified atom stereocenters. The van der Waals surface area contributed by atoms with Crippen molar-refractivity contribution in [3.63, 3.8) is 0 Å². The summed E-state index contributed by atoms with van der Waals surface area (Å²) < 4.78 is 11.2. The number of amides is 2. The first kappa shape index (κ1) is 24.8. The molecule has 0 saturated carbocycles. The Labute approximate surface area is 203 Å². The number of carbonyl (C=O) groups is 2. The van der Waals surface area contributed by atoms with E-state index < -0.39 is 5.91 Å². The van der Waals surface area contributed by atoms with Gasteiger partial charge in [0.15, 0.2) is 0 Å². The van der Waals surface area contributed by atoms with Crippen LogP contribution in [0.2, 0.25) is 5.02 Å². The molecule has 0 radical (unpaired) electrons. The van der Waals surface area contributed by atoms with Gasteiger partial charge in [-0.05, 0) is 78.2 Å². The Hall–Kier alpha value is -3.84. The van der Waals surface area contributed by atoms with Crippen molar-refractivity contribution in [2.75, 3.05) is 13.2 Å². The Morgan fingerprint density at radius 1 is 0.912 bits per heavy atom. The summed E-state index contributed by atoms with van der Waals surface area (Å²) in [5.41, 5.74) is 4.64. The minimum absolute atomic E-state index is 0.193. The van der Waals surface area contributed by atoms with Crippen LogP contribution in [0, 0.1) is 0 Å². The fraction of sp³-hybridized carbons (Fsp3) is 0.192. The Morgan fingerprint density at radius 3 is 2.24 bits per heavy atom. The van der Waals surface area contributed by atoms with Gasteiger partial charge in [-0.15, -0.1) is 0 Å². The molecule has 7 nitrogen and oxygen atoms in total. The van der Waals surface area contributed by atoms with Gasteiger partial charge in [0.2, 0.25) is 0 Å². The number of carbonyl (C=O) groups excluding carboxylic acids is 2. The lowest BCUT2D eigenvalue weighted by Crippen LogP contribution is -2.34. The van der Waals surface area contributed by atoms with Crippen LogP contribution in [0.15, 0.2) is 77.9 Å². The molecule has 0 aliphatic rings. The Balaban J connectivity index is 1.38. The predicted molar refractivity (Wildman–Crippen MR) is 133 cm³/mol. The smallest absolute Gasteiger partial charge is 0.259 e. The normalized spacial score (nSPS) is 10.6. The topological polar surface area (TPSA) is 89.0 Å². The summed E-state index contributed by atoms with van der Waals surface area (Å²) in [7, 11) is 0. The molecule has 3 rings (SSSR count). The Morgan fingerprint density at radius 2 is 1.56 bits per heavy atom. The van der Waals surface area contributed by atoms with E-state index in [0.717, 1.165) is 17.5 Å². The average molecular weight is 480 g/mol. The van der Waals surface area contributed by atoms with E-state index in [0.29, 0.717) is 35.3 Å². The first-order valence-electron chi connectivity index (χ1n) is 10.8. The number of benzene rings is 3. The van der Waals surface area contributed by atoms with Gasteiger partial charge in [0, 0.05) is 10.6 Å². The van der Waals surface area contributed by atoms with E-state index in [4.69, 9.17) is 21.1 Å². The van der Waals surface area contributed by atoms with E-state index in [-0.39, 0.29) is 12.5 Å². The highest BCUT2D eigenvalue weighted by Gasteiger charge is 2.08. The minimum Gasteiger partial charge on any atom is -0.494 e. The second-order valence-electron chi connectivity index (χ2n) is 7.33. The molecule has 0 saturated heterocycles. The molecule has 0 spiro atoms. The predicted octanol–water partition coefficient (Wildman–Crippen LogP) is 4.59. The lowest BCUT2D eigenvalue weighted by molar-refractivity contribution is -0.120. The largest absolute Gasteiger partial charge is 0.494 e. The summed E-state index contributed by atoms with van der Waals surface area (Å²) in [6, 6.07) is 21.5. The van der Waals surface area contributed by atoms with Crippen LogP contribution in [0.5, 0.6) is 11.5 Å². The van der Waals surface area contributed by atoms with Crippen LogP contribution in [-0.2, 0) is 11.4 Å². The van der Waals surface area contributed by atoms with Gasteiger partial charge >= 0.3 is 0 Å². The van der Waals surface area contributed by atoms with Crippen molar-refractivity contribution in [1.82, 2.24) is 10.7 Å². The van der Waals surface area contributed by atoms with Crippen molar-refractivity contribution in [1.29, 1.82) is 0 Å². The molecule has 8 heteroatoms. The Bertz CT molecular complexity index is 1100. The zero-order valence-corrected chi connectivity index (χ0v) is 19.5. The first-order valence-corrected chi connectivity index (χ1v) is 11.2. The van der Waals surface area contributed by atoms with Gasteiger partial charge in [-0.3, -0.25) is 9.59 Å². The molecule has 176 valence electrons. The number of halogens is 1. The number of nitrogens with one attached hydrogen (secondary N) is 2. The van der Waals surface area contributed by atoms with Gasteiger partial charge < -0.3 is 14.8 Å². The summed E-state index contributed by atoms with van der Waals surface area (Å²) in [5, 5.41) is 7.16. The summed E-state index contributed by atoms with van der Waals surface area (Å²) in [6.45, 7) is 2.88. The molecule has 0 aliphatic heterocycles. The van der Waals surface area contributed by atoms with Crippen LogP contribution in [0.1, 0.15) is 34.8 Å². The highest BCUT2D eigenvalue weighted by molar-refractivity contribution is 6.30. The highest BCUT2D eigenvalue weighted by atomic mass is 35.5. The molecule has 0 aromatic heterocycles. The summed E-state index contributed by atoms with van der Waals surface area (Å²) in [5.74, 6) is 0.626. The maximum Gasteiger partial charge on any atom is 0.259 e. The van der Waals surface area contributed by atoms with Crippen LogP contribution in [-0.4, -0.2) is 31.2 Å². The number of rotatable bonds is 11. The lowest BCUT2D eigenvalue weighted by atomic mass is 10.2. The van der Waals surface area contributed by atoms with Crippen molar-refractivity contribution in [2.45, 2.75) is 20.0 Å². The van der Waals surface area contributed by atoms with Crippen LogP contribution < -0.4 is 20.2 Å². The summed E-state index contributed by atoms with van der Waals surface area (Å²) in [6.07, 6.45) is 2.42. The molecule has 2 N–H and O–H groups in total. The molecule has 34 heavy (non-hydrogen) atoms. The average Bonchev–Trinajstić information content (AvgIpc) is 2.87. The van der Waals surface area contributed by atoms with Gasteiger partial charge in [0.05, 0.1) is 19.4 Å². The monoisotopic (exact) mass is 479 g/mol. The minimum atomic E-state index is -0.435. The third kappa shape index (κ3) is 8.26. The zero-order valence-electron chi connectivity index (χ0n) is 18.8. The van der Waals surface area contributed by atoms with Gasteiger partial charge in [-0.2, -0.15) is 5.10 Å². The van der Waals surface area contributed by atoms with Gasteiger partial charge in [-0.25, -0.2) is 5.43 Å². The standard InChI is InChI=1S/C26H26ClN3O4/c1-2-15-33-23-13-7-21(8-14-23)26(32)28-17-25(31)30-29-16-19-5-11-24(12-6-19)34-18-20-3-9-22(27)10-4-20/h3-14,16H,2,15,17-18H2,1H3,(H,28,32)(H,30,31)/b29-16-. The van der Waals surface area contributed by atoms with Gasteiger partial charge in [0.1, 0.15) is 18.1 Å². The number of hydrogen-bond donors (Lipinski definition) is 2. The second kappa shape index (κ2) is 13.0. The molecule has 3 aromatic carbocycles. The summed E-state index contributed by atoms with van der Waals surface area (Å²) >= 11 is 5.88. The van der Waals surface area contributed by atoms with Crippen molar-refractivity contribution in [3.8, 4) is 11.5 Å². The van der Waals surface area contributed by atoms with Crippen LogP contribution in [0.4, 0.5) is 0 Å². The number of nitrogens with zero attached hydrogens (tertiary/aromatic N) is 1. The fourth-order valence-electron chi connectivity index (χ4n) is 2.80. The third-order valence-electron chi connectivity index (χ3n) is 4.60. The van der Waals surface area contributed by atoms with Crippen molar-refractivity contribution in [3.05, 3.63) is 94.5 Å². The molecule has 0 bridgehead atoms. The lowest BCUT2D eigenvalue weighted by Gasteiger charge is -2.07. The van der Waals surface area contributed by atoms with Crippen molar-refractivity contribution >= 4 is 29.6 Å². The van der Waals surface area contributed by atoms with Gasteiger partial charge in [-0.1, -0.05) is 30.7 Å². The molecule has 0 heterocycles. The SMILES string of the molecule is CCCOc1ccc(C(=O)NCC(=O)N/N=C\c2ccc(OCc3ccc(Cl)cc3)cc2)cc1. The van der Waals surface area contributed by atoms with E-state index in [2.05, 4.69) is 15.8 Å². The Kier molecular flexibility index (Phi) is 9.49. The van der Waals surface area contributed by atoms with E-state index in [9.17, 15) is 9.59 Å². The number of hydrogen-bond acceptors (Lipinski definition) is 5. The second-order valence-corrected chi connectivity index (χ2v) is 7.77. The molecular weight excluding hydrogens is 454 g/mol. The number of hydrazone groups is 1. The zero-order chi connectivity index (χ0) is 24.2. The van der Waals surface area contributed by atoms with E-state index >= 15 is 0 Å². The first-order chi connectivity index (χ1) is 16.5.